The van der Waals surface area contributed by atoms with Gasteiger partial charge in [-0.2, -0.15) is 0 Å². The highest BCUT2D eigenvalue weighted by Gasteiger charge is 2.31. The molecule has 0 saturated carbocycles. The fraction of sp³-hybridized carbons (Fsp3) is 0.355. The number of carbonyl (C=O) groups is 2. The number of nitrogens with one attached hydrogen (secondary N) is 1. The van der Waals surface area contributed by atoms with E-state index in [4.69, 9.17) is 11.6 Å². The van der Waals surface area contributed by atoms with Gasteiger partial charge in [-0.05, 0) is 55.2 Å². The molecule has 1 N–H and O–H groups in total. The third kappa shape index (κ3) is 8.91. The van der Waals surface area contributed by atoms with Gasteiger partial charge in [-0.3, -0.25) is 9.59 Å². The minimum atomic E-state index is -3.66. The van der Waals surface area contributed by atoms with Crippen molar-refractivity contribution in [1.29, 1.82) is 0 Å². The number of amides is 2. The van der Waals surface area contributed by atoms with Gasteiger partial charge >= 0.3 is 0 Å². The molecule has 0 aliphatic heterocycles. The van der Waals surface area contributed by atoms with Gasteiger partial charge in [0.05, 0.1) is 4.90 Å². The van der Waals surface area contributed by atoms with Crippen LogP contribution in [0.4, 0.5) is 0 Å². The van der Waals surface area contributed by atoms with Crippen LogP contribution in [0.2, 0.25) is 5.02 Å². The molecule has 2 amide bonds. The molecular weight excluding hydrogens is 546 g/mol. The first-order chi connectivity index (χ1) is 19.1. The van der Waals surface area contributed by atoms with E-state index < -0.39 is 16.1 Å². The van der Waals surface area contributed by atoms with Crippen molar-refractivity contribution in [2.24, 2.45) is 0 Å². The first kappa shape index (κ1) is 31.3. The van der Waals surface area contributed by atoms with E-state index in [9.17, 15) is 18.0 Å². The van der Waals surface area contributed by atoms with E-state index in [0.717, 1.165) is 17.5 Å². The second-order valence-electron chi connectivity index (χ2n) is 9.91. The predicted octanol–water partition coefficient (Wildman–Crippen LogP) is 5.30. The van der Waals surface area contributed by atoms with Crippen LogP contribution in [-0.4, -0.2) is 55.1 Å². The van der Waals surface area contributed by atoms with Crippen molar-refractivity contribution in [2.45, 2.75) is 63.1 Å². The van der Waals surface area contributed by atoms with Gasteiger partial charge in [-0.15, -0.1) is 0 Å². The Kier molecular flexibility index (Phi) is 11.7. The lowest BCUT2D eigenvalue weighted by molar-refractivity contribution is -0.141. The van der Waals surface area contributed by atoms with Crippen LogP contribution in [-0.2, 0) is 32.6 Å². The highest BCUT2D eigenvalue weighted by molar-refractivity contribution is 7.89. The number of hydrogen-bond acceptors (Lipinski definition) is 4. The summed E-state index contributed by atoms with van der Waals surface area (Å²) in [5.41, 5.74) is 1.78. The minimum Gasteiger partial charge on any atom is -0.352 e. The Hall–Kier alpha value is -3.20. The average molecular weight is 584 g/mol. The first-order valence-corrected chi connectivity index (χ1v) is 15.3. The first-order valence-electron chi connectivity index (χ1n) is 13.5. The van der Waals surface area contributed by atoms with E-state index in [1.807, 2.05) is 56.3 Å². The third-order valence-electron chi connectivity index (χ3n) is 6.85. The summed E-state index contributed by atoms with van der Waals surface area (Å²) in [6, 6.07) is 24.2. The van der Waals surface area contributed by atoms with Crippen molar-refractivity contribution in [1.82, 2.24) is 14.5 Å². The van der Waals surface area contributed by atoms with Crippen molar-refractivity contribution in [2.75, 3.05) is 13.6 Å². The number of sulfonamides is 1. The fourth-order valence-corrected chi connectivity index (χ4v) is 5.63. The van der Waals surface area contributed by atoms with E-state index in [-0.39, 0.29) is 42.3 Å². The molecule has 9 heteroatoms. The van der Waals surface area contributed by atoms with Gasteiger partial charge in [0.2, 0.25) is 21.8 Å². The summed E-state index contributed by atoms with van der Waals surface area (Å²) < 4.78 is 27.1. The van der Waals surface area contributed by atoms with Gasteiger partial charge in [0.1, 0.15) is 6.04 Å². The van der Waals surface area contributed by atoms with Crippen molar-refractivity contribution < 1.29 is 18.0 Å². The van der Waals surface area contributed by atoms with Crippen LogP contribution in [0.3, 0.4) is 0 Å². The van der Waals surface area contributed by atoms with Crippen LogP contribution in [0.1, 0.15) is 44.2 Å². The van der Waals surface area contributed by atoms with E-state index in [0.29, 0.717) is 17.9 Å². The van der Waals surface area contributed by atoms with Gasteiger partial charge in [0.25, 0.3) is 0 Å². The number of halogens is 1. The highest BCUT2D eigenvalue weighted by Crippen LogP contribution is 2.19. The van der Waals surface area contributed by atoms with E-state index in [1.165, 1.54) is 11.4 Å². The van der Waals surface area contributed by atoms with Gasteiger partial charge in [-0.25, -0.2) is 12.7 Å². The molecule has 214 valence electrons. The third-order valence-corrected chi connectivity index (χ3v) is 8.98. The molecule has 0 unspecified atom stereocenters. The van der Waals surface area contributed by atoms with Crippen molar-refractivity contribution in [3.63, 3.8) is 0 Å². The molecule has 3 rings (SSSR count). The van der Waals surface area contributed by atoms with Gasteiger partial charge in [-0.1, -0.05) is 79.2 Å². The fourth-order valence-electron chi connectivity index (χ4n) is 4.27. The zero-order chi connectivity index (χ0) is 29.1. The Morgan fingerprint density at radius 3 is 2.10 bits per heavy atom. The molecule has 0 radical (unpaired) electrons. The second kappa shape index (κ2) is 15.0. The highest BCUT2D eigenvalue weighted by atomic mass is 35.5. The summed E-state index contributed by atoms with van der Waals surface area (Å²) in [5, 5.41) is 3.63. The molecule has 0 spiro atoms. The molecule has 7 nitrogen and oxygen atoms in total. The summed E-state index contributed by atoms with van der Waals surface area (Å²) in [6.07, 6.45) is 1.51. The van der Waals surface area contributed by atoms with E-state index >= 15 is 0 Å². The maximum atomic E-state index is 13.8. The minimum absolute atomic E-state index is 0.0462. The van der Waals surface area contributed by atoms with Crippen molar-refractivity contribution >= 4 is 33.4 Å². The average Bonchev–Trinajstić information content (AvgIpc) is 2.96. The van der Waals surface area contributed by atoms with Crippen LogP contribution >= 0.6 is 11.6 Å². The summed E-state index contributed by atoms with van der Waals surface area (Å²) in [6.45, 7) is 4.32. The molecule has 3 aromatic rings. The lowest BCUT2D eigenvalue weighted by atomic mass is 10.0. The second-order valence-corrected chi connectivity index (χ2v) is 12.4. The molecule has 0 fully saturated rings. The van der Waals surface area contributed by atoms with Crippen molar-refractivity contribution in [3.05, 3.63) is 101 Å². The quantitative estimate of drug-likeness (QED) is 0.279. The number of carbonyl (C=O) groups excluding carboxylic acids is 2. The molecule has 0 aliphatic rings. The summed E-state index contributed by atoms with van der Waals surface area (Å²) >= 11 is 6.09. The number of hydrogen-bond donors (Lipinski definition) is 1. The SMILES string of the molecule is CC[C@H](C)NC(=O)[C@@H](Cc1ccccc1)N(Cc1ccc(Cl)cc1)C(=O)CCCN(C)S(=O)(=O)c1ccccc1. The molecule has 2 atom stereocenters. The maximum absolute atomic E-state index is 13.8. The number of rotatable bonds is 14. The molecule has 0 aromatic heterocycles. The molecule has 0 saturated heterocycles. The monoisotopic (exact) mass is 583 g/mol. The predicted molar refractivity (Wildman–Crippen MR) is 159 cm³/mol. The Morgan fingerprint density at radius 2 is 1.50 bits per heavy atom. The van der Waals surface area contributed by atoms with Gasteiger partial charge in [0.15, 0.2) is 0 Å². The van der Waals surface area contributed by atoms with Crippen LogP contribution in [0.5, 0.6) is 0 Å². The lowest BCUT2D eigenvalue weighted by Crippen LogP contribution is -2.52. The zero-order valence-corrected chi connectivity index (χ0v) is 24.9. The summed E-state index contributed by atoms with van der Waals surface area (Å²) in [5.74, 6) is -0.440. The topological polar surface area (TPSA) is 86.8 Å². The van der Waals surface area contributed by atoms with Crippen LogP contribution in [0.15, 0.2) is 89.8 Å². The zero-order valence-electron chi connectivity index (χ0n) is 23.3. The summed E-state index contributed by atoms with van der Waals surface area (Å²) in [4.78, 5) is 29.1. The lowest BCUT2D eigenvalue weighted by Gasteiger charge is -2.32. The van der Waals surface area contributed by atoms with Crippen molar-refractivity contribution in [3.8, 4) is 0 Å². The molecular formula is C31H38ClN3O4S. The van der Waals surface area contributed by atoms with Crippen LogP contribution in [0.25, 0.3) is 0 Å². The molecule has 0 bridgehead atoms. The standard InChI is InChI=1S/C31H38ClN3O4S/c1-4-24(2)33-31(37)29(22-25-12-7-5-8-13-25)35(23-26-17-19-27(32)20-18-26)30(36)16-11-21-34(3)40(38,39)28-14-9-6-10-15-28/h5-10,12-15,17-20,24,29H,4,11,16,21-23H2,1-3H3,(H,33,37)/t24-,29+/m0/s1. The molecule has 0 heterocycles. The molecule has 0 aliphatic carbocycles. The van der Waals surface area contributed by atoms with Gasteiger partial charge < -0.3 is 10.2 Å². The maximum Gasteiger partial charge on any atom is 0.243 e. The largest absolute Gasteiger partial charge is 0.352 e. The van der Waals surface area contributed by atoms with E-state index in [1.54, 1.807) is 47.4 Å². The van der Waals surface area contributed by atoms with E-state index in [2.05, 4.69) is 5.32 Å². The van der Waals surface area contributed by atoms with Crippen LogP contribution < -0.4 is 5.32 Å². The smallest absolute Gasteiger partial charge is 0.243 e. The van der Waals surface area contributed by atoms with Gasteiger partial charge in [0, 0.05) is 44.0 Å². The summed E-state index contributed by atoms with van der Waals surface area (Å²) in [7, 11) is -2.15. The molecule has 40 heavy (non-hydrogen) atoms. The Labute approximate surface area is 243 Å². The number of benzene rings is 3. The Balaban J connectivity index is 1.83. The molecule has 3 aromatic carbocycles. The van der Waals surface area contributed by atoms with Crippen LogP contribution in [0, 0.1) is 0 Å². The number of nitrogens with zero attached hydrogens (tertiary/aromatic N) is 2. The normalized spacial score (nSPS) is 13.0. The Bertz CT molecular complexity index is 1340. The Morgan fingerprint density at radius 1 is 0.900 bits per heavy atom.